The van der Waals surface area contributed by atoms with E-state index in [-0.39, 0.29) is 11.7 Å². The van der Waals surface area contributed by atoms with Crippen molar-refractivity contribution in [3.05, 3.63) is 11.9 Å². The van der Waals surface area contributed by atoms with Crippen LogP contribution in [0, 0.1) is 5.92 Å². The monoisotopic (exact) mass is 277 g/mol. The van der Waals surface area contributed by atoms with Gasteiger partial charge in [0.05, 0.1) is 13.3 Å². The fourth-order valence-electron chi connectivity index (χ4n) is 3.82. The van der Waals surface area contributed by atoms with Crippen LogP contribution < -0.4 is 4.74 Å². The number of aryl methyl sites for hydroxylation is 1. The third kappa shape index (κ3) is 2.04. The smallest absolute Gasteiger partial charge is 0.187 e. The van der Waals surface area contributed by atoms with E-state index in [1.165, 1.54) is 12.8 Å². The van der Waals surface area contributed by atoms with Crippen LogP contribution in [0.15, 0.2) is 6.20 Å². The average Bonchev–Trinajstić information content (AvgIpc) is 2.94. The molecule has 1 aromatic rings. The molecule has 0 aliphatic carbocycles. The zero-order valence-electron chi connectivity index (χ0n) is 12.5. The van der Waals surface area contributed by atoms with Crippen LogP contribution in [0.25, 0.3) is 0 Å². The number of hydrogen-bond acceptors (Lipinski definition) is 4. The largest absolute Gasteiger partial charge is 0.493 e. The van der Waals surface area contributed by atoms with Gasteiger partial charge in [-0.1, -0.05) is 0 Å². The minimum atomic E-state index is 0.125. The van der Waals surface area contributed by atoms with Crippen molar-refractivity contribution in [3.63, 3.8) is 0 Å². The van der Waals surface area contributed by atoms with Crippen LogP contribution in [-0.2, 0) is 6.54 Å². The third-order valence-corrected chi connectivity index (χ3v) is 5.03. The Bertz CT molecular complexity index is 476. The molecule has 2 saturated heterocycles. The molecule has 0 radical (unpaired) electrons. The van der Waals surface area contributed by atoms with E-state index in [9.17, 15) is 4.79 Å². The summed E-state index contributed by atoms with van der Waals surface area (Å²) in [6, 6.07) is 1.15. The highest BCUT2D eigenvalue weighted by Gasteiger charge is 2.42. The SMILES string of the molecule is CCn1ncc(OC)c1C(=O)C1CC2CCC(C1)N2C. The Morgan fingerprint density at radius 1 is 1.40 bits per heavy atom. The minimum Gasteiger partial charge on any atom is -0.493 e. The normalized spacial score (nSPS) is 29.6. The third-order valence-electron chi connectivity index (χ3n) is 5.03. The lowest BCUT2D eigenvalue weighted by Gasteiger charge is -2.35. The van der Waals surface area contributed by atoms with Gasteiger partial charge in [0.15, 0.2) is 11.5 Å². The summed E-state index contributed by atoms with van der Waals surface area (Å²) < 4.78 is 7.08. The van der Waals surface area contributed by atoms with E-state index in [0.717, 1.165) is 12.8 Å². The number of ether oxygens (including phenoxy) is 1. The molecular weight excluding hydrogens is 254 g/mol. The number of carbonyl (C=O) groups is 1. The van der Waals surface area contributed by atoms with Gasteiger partial charge >= 0.3 is 0 Å². The van der Waals surface area contributed by atoms with Crippen LogP contribution in [-0.4, -0.2) is 46.7 Å². The highest BCUT2D eigenvalue weighted by Crippen LogP contribution is 2.39. The van der Waals surface area contributed by atoms with Crippen molar-refractivity contribution in [2.75, 3.05) is 14.2 Å². The van der Waals surface area contributed by atoms with Crippen molar-refractivity contribution in [3.8, 4) is 5.75 Å². The Balaban J connectivity index is 1.85. The standard InChI is InChI=1S/C15H23N3O2/c1-4-18-14(13(20-3)9-16-18)15(19)10-7-11-5-6-12(8-10)17(11)2/h9-12H,4-8H2,1-3H3. The number of rotatable bonds is 4. The van der Waals surface area contributed by atoms with Gasteiger partial charge in [-0.2, -0.15) is 5.10 Å². The lowest BCUT2D eigenvalue weighted by Crippen LogP contribution is -2.42. The molecule has 5 nitrogen and oxygen atoms in total. The molecule has 2 bridgehead atoms. The summed E-state index contributed by atoms with van der Waals surface area (Å²) >= 11 is 0. The highest BCUT2D eigenvalue weighted by atomic mass is 16.5. The topological polar surface area (TPSA) is 47.4 Å². The second-order valence-electron chi connectivity index (χ2n) is 5.96. The number of ketones is 1. The summed E-state index contributed by atoms with van der Waals surface area (Å²) in [5, 5.41) is 4.25. The fraction of sp³-hybridized carbons (Fsp3) is 0.733. The molecule has 2 aliphatic heterocycles. The van der Waals surface area contributed by atoms with Gasteiger partial charge in [0, 0.05) is 24.5 Å². The molecule has 1 aromatic heterocycles. The maximum absolute atomic E-state index is 12.9. The van der Waals surface area contributed by atoms with Gasteiger partial charge in [-0.25, -0.2) is 0 Å². The van der Waals surface area contributed by atoms with Crippen LogP contribution in [0.5, 0.6) is 5.75 Å². The molecular formula is C15H23N3O2. The van der Waals surface area contributed by atoms with E-state index in [1.807, 2.05) is 6.92 Å². The summed E-state index contributed by atoms with van der Waals surface area (Å²) in [4.78, 5) is 15.3. The summed E-state index contributed by atoms with van der Waals surface area (Å²) in [7, 11) is 3.80. The van der Waals surface area contributed by atoms with Crippen LogP contribution in [0.2, 0.25) is 0 Å². The Morgan fingerprint density at radius 2 is 2.05 bits per heavy atom. The number of methoxy groups -OCH3 is 1. The van der Waals surface area contributed by atoms with Crippen molar-refractivity contribution in [1.82, 2.24) is 14.7 Å². The number of aromatic nitrogens is 2. The first kappa shape index (κ1) is 13.6. The van der Waals surface area contributed by atoms with E-state index >= 15 is 0 Å². The van der Waals surface area contributed by atoms with Gasteiger partial charge in [-0.3, -0.25) is 9.48 Å². The van der Waals surface area contributed by atoms with Crippen molar-refractivity contribution in [2.45, 2.75) is 51.2 Å². The molecule has 2 unspecified atom stereocenters. The van der Waals surface area contributed by atoms with E-state index < -0.39 is 0 Å². The van der Waals surface area contributed by atoms with Crippen LogP contribution in [0.4, 0.5) is 0 Å². The van der Waals surface area contributed by atoms with Gasteiger partial charge in [-0.15, -0.1) is 0 Å². The second-order valence-corrected chi connectivity index (χ2v) is 5.96. The fourth-order valence-corrected chi connectivity index (χ4v) is 3.82. The minimum absolute atomic E-state index is 0.125. The van der Waals surface area contributed by atoms with E-state index in [1.54, 1.807) is 18.0 Å². The Hall–Kier alpha value is -1.36. The van der Waals surface area contributed by atoms with Crippen molar-refractivity contribution >= 4 is 5.78 Å². The molecule has 2 atom stereocenters. The molecule has 3 heterocycles. The summed E-state index contributed by atoms with van der Waals surface area (Å²) in [5.74, 6) is 0.953. The lowest BCUT2D eigenvalue weighted by molar-refractivity contribution is 0.0753. The molecule has 110 valence electrons. The maximum atomic E-state index is 12.9. The predicted octanol–water partition coefficient (Wildman–Crippen LogP) is 1.97. The van der Waals surface area contributed by atoms with Crippen LogP contribution in [0.3, 0.4) is 0 Å². The van der Waals surface area contributed by atoms with Gasteiger partial charge in [0.25, 0.3) is 0 Å². The molecule has 0 saturated carbocycles. The Morgan fingerprint density at radius 3 is 2.60 bits per heavy atom. The second kappa shape index (κ2) is 5.20. The first-order valence-corrected chi connectivity index (χ1v) is 7.51. The van der Waals surface area contributed by atoms with E-state index in [0.29, 0.717) is 30.1 Å². The molecule has 2 aliphatic rings. The molecule has 3 rings (SSSR count). The Labute approximate surface area is 119 Å². The summed E-state index contributed by atoms with van der Waals surface area (Å²) in [5.41, 5.74) is 0.656. The number of carbonyl (C=O) groups excluding carboxylic acids is 1. The maximum Gasteiger partial charge on any atom is 0.187 e. The lowest BCUT2D eigenvalue weighted by atomic mass is 9.86. The molecule has 20 heavy (non-hydrogen) atoms. The molecule has 0 aromatic carbocycles. The van der Waals surface area contributed by atoms with Gasteiger partial charge < -0.3 is 9.64 Å². The van der Waals surface area contributed by atoms with Gasteiger partial charge in [-0.05, 0) is 39.7 Å². The molecule has 0 N–H and O–H groups in total. The first-order valence-electron chi connectivity index (χ1n) is 7.51. The van der Waals surface area contributed by atoms with Gasteiger partial charge in [0.2, 0.25) is 0 Å². The number of Topliss-reactive ketones (excluding diaryl/α,β-unsaturated/α-hetero) is 1. The van der Waals surface area contributed by atoms with Crippen molar-refractivity contribution in [1.29, 1.82) is 0 Å². The molecule has 2 fully saturated rings. The highest BCUT2D eigenvalue weighted by molar-refractivity contribution is 5.98. The summed E-state index contributed by atoms with van der Waals surface area (Å²) in [6.07, 6.45) is 6.07. The van der Waals surface area contributed by atoms with E-state index in [2.05, 4.69) is 17.0 Å². The number of piperidine rings is 1. The zero-order chi connectivity index (χ0) is 14.3. The molecule has 5 heteroatoms. The summed E-state index contributed by atoms with van der Waals surface area (Å²) in [6.45, 7) is 2.70. The van der Waals surface area contributed by atoms with Gasteiger partial charge in [0.1, 0.15) is 5.69 Å². The quantitative estimate of drug-likeness (QED) is 0.789. The van der Waals surface area contributed by atoms with Crippen molar-refractivity contribution < 1.29 is 9.53 Å². The Kier molecular flexibility index (Phi) is 3.54. The van der Waals surface area contributed by atoms with Crippen molar-refractivity contribution in [2.24, 2.45) is 5.92 Å². The predicted molar refractivity (Wildman–Crippen MR) is 76.1 cm³/mol. The zero-order valence-corrected chi connectivity index (χ0v) is 12.5. The molecule has 0 amide bonds. The number of nitrogens with zero attached hydrogens (tertiary/aromatic N) is 3. The average molecular weight is 277 g/mol. The number of hydrogen-bond donors (Lipinski definition) is 0. The van der Waals surface area contributed by atoms with E-state index in [4.69, 9.17) is 4.74 Å². The van der Waals surface area contributed by atoms with Crippen LogP contribution >= 0.6 is 0 Å². The van der Waals surface area contributed by atoms with Crippen LogP contribution in [0.1, 0.15) is 43.1 Å². The first-order chi connectivity index (χ1) is 9.65. The molecule has 0 spiro atoms. The number of fused-ring (bicyclic) bond motifs is 2.